The molecule has 0 unspecified atom stereocenters. The Kier molecular flexibility index (Phi) is 12.5. The summed E-state index contributed by atoms with van der Waals surface area (Å²) in [7, 11) is 0. The lowest BCUT2D eigenvalue weighted by atomic mass is 10.00. The zero-order valence-electron chi connectivity index (χ0n) is 28.9. The molecule has 1 fully saturated rings. The van der Waals surface area contributed by atoms with Crippen molar-refractivity contribution in [2.75, 3.05) is 32.8 Å². The van der Waals surface area contributed by atoms with Crippen LogP contribution >= 0.6 is 27.5 Å². The Hall–Kier alpha value is -4.06. The molecule has 11 nitrogen and oxygen atoms in total. The van der Waals surface area contributed by atoms with Crippen molar-refractivity contribution in [2.24, 2.45) is 0 Å². The van der Waals surface area contributed by atoms with Gasteiger partial charge in [-0.25, -0.2) is 0 Å². The van der Waals surface area contributed by atoms with Gasteiger partial charge in [-0.1, -0.05) is 41.9 Å². The van der Waals surface area contributed by atoms with Crippen molar-refractivity contribution in [1.29, 1.82) is 5.26 Å². The van der Waals surface area contributed by atoms with E-state index in [1.54, 1.807) is 31.3 Å². The molecular weight excluding hydrogens is 748 g/mol. The van der Waals surface area contributed by atoms with Gasteiger partial charge < -0.3 is 35.0 Å². The fourth-order valence-corrected chi connectivity index (χ4v) is 7.08. The Morgan fingerprint density at radius 2 is 1.79 bits per heavy atom. The Bertz CT molecular complexity index is 2050. The van der Waals surface area contributed by atoms with Crippen LogP contribution in [0, 0.1) is 11.3 Å². The van der Waals surface area contributed by atoms with E-state index in [0.29, 0.717) is 27.6 Å². The highest BCUT2D eigenvalue weighted by Gasteiger charge is 2.23. The minimum atomic E-state index is -0.914. The highest BCUT2D eigenvalue weighted by atomic mass is 79.9. The van der Waals surface area contributed by atoms with Crippen molar-refractivity contribution in [3.05, 3.63) is 105 Å². The molecule has 13 heteroatoms. The summed E-state index contributed by atoms with van der Waals surface area (Å²) in [6.45, 7) is 5.21. The van der Waals surface area contributed by atoms with Crippen LogP contribution in [0.4, 0.5) is 0 Å². The van der Waals surface area contributed by atoms with E-state index in [1.807, 2.05) is 18.3 Å². The van der Waals surface area contributed by atoms with Gasteiger partial charge in [0.1, 0.15) is 30.8 Å². The SMILES string of the molecule is CC(CO)(CO)NCc1cc(Cl)c(OCc2cccc(-c3cccc4c3cnn4CCCN3CC[C@@H](O)C3)c2Br)cc1OCc1cncc(C#N)c1. The first-order chi connectivity index (χ1) is 25.2. The van der Waals surface area contributed by atoms with Crippen molar-refractivity contribution in [2.45, 2.75) is 57.7 Å². The number of rotatable bonds is 16. The largest absolute Gasteiger partial charge is 0.488 e. The number of aryl methyl sites for hydroxylation is 1. The zero-order chi connectivity index (χ0) is 36.7. The van der Waals surface area contributed by atoms with E-state index >= 15 is 0 Å². The van der Waals surface area contributed by atoms with E-state index in [-0.39, 0.29) is 39.1 Å². The molecule has 0 radical (unpaired) electrons. The van der Waals surface area contributed by atoms with Gasteiger partial charge in [-0.3, -0.25) is 9.67 Å². The number of β-amino-alcohol motifs (C(OH)–C–C–N with tert-alkyl or cyclic N) is 1. The number of aromatic nitrogens is 3. The second-order valence-electron chi connectivity index (χ2n) is 13.4. The number of halogens is 2. The lowest BCUT2D eigenvalue weighted by Crippen LogP contribution is -2.48. The van der Waals surface area contributed by atoms with Crippen molar-refractivity contribution in [1.82, 2.24) is 25.0 Å². The lowest BCUT2D eigenvalue weighted by molar-refractivity contribution is 0.103. The number of nitrogens with zero attached hydrogens (tertiary/aromatic N) is 5. The maximum Gasteiger partial charge on any atom is 0.142 e. The maximum absolute atomic E-state index is 9.85. The first-order valence-corrected chi connectivity index (χ1v) is 18.4. The number of hydrogen-bond donors (Lipinski definition) is 4. The van der Waals surface area contributed by atoms with E-state index in [2.05, 4.69) is 66.1 Å². The molecule has 1 atom stereocenters. The predicted octanol–water partition coefficient (Wildman–Crippen LogP) is 5.83. The molecule has 1 saturated heterocycles. The fraction of sp³-hybridized carbons (Fsp3) is 0.359. The Morgan fingerprint density at radius 1 is 1.00 bits per heavy atom. The number of nitrogens with one attached hydrogen (secondary N) is 1. The van der Waals surface area contributed by atoms with Gasteiger partial charge >= 0.3 is 0 Å². The van der Waals surface area contributed by atoms with Crippen LogP contribution in [0.5, 0.6) is 11.5 Å². The number of likely N-dealkylation sites (tertiary alicyclic amines) is 1. The van der Waals surface area contributed by atoms with Crippen LogP contribution in [0.3, 0.4) is 0 Å². The van der Waals surface area contributed by atoms with Gasteiger partial charge in [-0.2, -0.15) is 10.4 Å². The molecule has 0 amide bonds. The normalized spacial score (nSPS) is 14.9. The lowest BCUT2D eigenvalue weighted by Gasteiger charge is -2.27. The Morgan fingerprint density at radius 3 is 2.56 bits per heavy atom. The van der Waals surface area contributed by atoms with Gasteiger partial charge in [0, 0.05) is 77.7 Å². The monoisotopic (exact) mass is 788 g/mol. The first-order valence-electron chi connectivity index (χ1n) is 17.2. The molecule has 0 bridgehead atoms. The van der Waals surface area contributed by atoms with E-state index in [0.717, 1.165) is 76.7 Å². The van der Waals surface area contributed by atoms with Crippen LogP contribution in [0.2, 0.25) is 5.02 Å². The van der Waals surface area contributed by atoms with Crippen LogP contribution < -0.4 is 14.8 Å². The molecule has 6 rings (SSSR count). The number of aliphatic hydroxyl groups is 3. The number of aliphatic hydroxyl groups excluding tert-OH is 3. The second kappa shape index (κ2) is 17.2. The van der Waals surface area contributed by atoms with Crippen molar-refractivity contribution in [3.8, 4) is 28.7 Å². The minimum Gasteiger partial charge on any atom is -0.488 e. The number of ether oxygens (including phenoxy) is 2. The smallest absolute Gasteiger partial charge is 0.142 e. The van der Waals surface area contributed by atoms with Crippen LogP contribution in [0.25, 0.3) is 22.0 Å². The van der Waals surface area contributed by atoms with Crippen molar-refractivity contribution >= 4 is 38.4 Å². The molecule has 5 aromatic rings. The predicted molar refractivity (Wildman–Crippen MR) is 203 cm³/mol. The number of fused-ring (bicyclic) bond motifs is 1. The highest BCUT2D eigenvalue weighted by molar-refractivity contribution is 9.10. The molecule has 1 aliphatic heterocycles. The van der Waals surface area contributed by atoms with E-state index in [4.69, 9.17) is 26.2 Å². The summed E-state index contributed by atoms with van der Waals surface area (Å²) in [6, 6.07) is 19.6. The second-order valence-corrected chi connectivity index (χ2v) is 14.6. The summed E-state index contributed by atoms with van der Waals surface area (Å²) in [5.74, 6) is 0.905. The van der Waals surface area contributed by atoms with Crippen LogP contribution in [0.15, 0.2) is 77.7 Å². The van der Waals surface area contributed by atoms with Gasteiger partial charge in [0.15, 0.2) is 0 Å². The third kappa shape index (κ3) is 8.93. The van der Waals surface area contributed by atoms with Crippen LogP contribution in [-0.2, 0) is 26.3 Å². The Balaban J connectivity index is 1.20. The quantitative estimate of drug-likeness (QED) is 0.0962. The number of nitriles is 1. The first kappa shape index (κ1) is 37.7. The number of hydrogen-bond acceptors (Lipinski definition) is 10. The topological polar surface area (TPSA) is 149 Å². The van der Waals surface area contributed by atoms with Gasteiger partial charge in [-0.15, -0.1) is 0 Å². The summed E-state index contributed by atoms with van der Waals surface area (Å²) in [5, 5.41) is 48.1. The minimum absolute atomic E-state index is 0.145. The summed E-state index contributed by atoms with van der Waals surface area (Å²) < 4.78 is 15.5. The standard InChI is InChI=1S/C39H42BrClN6O5/c1-39(24-48,25-49)44-19-29-14-34(41)37(15-36(29)51-22-27-13-26(16-42)17-43-18-27)52-23-28-5-2-7-32(38(28)40)31-6-3-8-35-33(31)20-45-47(35)11-4-10-46-12-9-30(50)21-46/h2-3,5-8,13-15,17-18,20,30,44,48-50H,4,9-12,19,21-25H2,1H3/t30-/m1/s1. The molecule has 52 heavy (non-hydrogen) atoms. The van der Waals surface area contributed by atoms with Crippen molar-refractivity contribution in [3.63, 3.8) is 0 Å². The maximum atomic E-state index is 9.85. The summed E-state index contributed by atoms with van der Waals surface area (Å²) in [6.07, 6.45) is 6.63. The van der Waals surface area contributed by atoms with Crippen LogP contribution in [0.1, 0.15) is 42.0 Å². The van der Waals surface area contributed by atoms with Crippen molar-refractivity contribution < 1.29 is 24.8 Å². The Labute approximate surface area is 316 Å². The van der Waals surface area contributed by atoms with Gasteiger partial charge in [0.05, 0.1) is 47.2 Å². The zero-order valence-corrected chi connectivity index (χ0v) is 31.3. The molecule has 3 heterocycles. The van der Waals surface area contributed by atoms with E-state index < -0.39 is 5.54 Å². The van der Waals surface area contributed by atoms with E-state index in [9.17, 15) is 20.6 Å². The summed E-state index contributed by atoms with van der Waals surface area (Å²) in [4.78, 5) is 6.43. The van der Waals surface area contributed by atoms with E-state index in [1.165, 1.54) is 6.20 Å². The molecular formula is C39H42BrClN6O5. The number of benzene rings is 3. The fourth-order valence-electron chi connectivity index (χ4n) is 6.25. The molecule has 0 aliphatic carbocycles. The third-order valence-corrected chi connectivity index (χ3v) is 10.6. The summed E-state index contributed by atoms with van der Waals surface area (Å²) in [5.41, 5.74) is 4.98. The molecule has 272 valence electrons. The molecule has 2 aromatic heterocycles. The number of pyridine rings is 1. The summed E-state index contributed by atoms with van der Waals surface area (Å²) >= 11 is 10.6. The average Bonchev–Trinajstić information content (AvgIpc) is 3.79. The van der Waals surface area contributed by atoms with Gasteiger partial charge in [0.2, 0.25) is 0 Å². The third-order valence-electron chi connectivity index (χ3n) is 9.37. The van der Waals surface area contributed by atoms with Gasteiger partial charge in [0.25, 0.3) is 0 Å². The molecule has 1 aliphatic rings. The van der Waals surface area contributed by atoms with Gasteiger partial charge in [-0.05, 0) is 65.0 Å². The molecule has 4 N–H and O–H groups in total. The molecule has 0 spiro atoms. The molecule has 0 saturated carbocycles. The average molecular weight is 790 g/mol. The molecule has 3 aromatic carbocycles. The van der Waals surface area contributed by atoms with Crippen LogP contribution in [-0.4, -0.2) is 79.5 Å². The highest BCUT2D eigenvalue weighted by Crippen LogP contribution is 2.38.